The molecular formula is C11H12FN5. The van der Waals surface area contributed by atoms with Crippen molar-refractivity contribution >= 4 is 0 Å². The number of pyridine rings is 1. The van der Waals surface area contributed by atoms with E-state index in [1.807, 2.05) is 0 Å². The number of hydrazine groups is 1. The molecule has 2 aromatic heterocycles. The number of aromatic nitrogens is 3. The molecule has 1 unspecified atom stereocenters. The van der Waals surface area contributed by atoms with Crippen molar-refractivity contribution in [2.24, 2.45) is 5.84 Å². The van der Waals surface area contributed by atoms with Crippen LogP contribution in [0.2, 0.25) is 0 Å². The van der Waals surface area contributed by atoms with Crippen LogP contribution in [-0.2, 0) is 0 Å². The summed E-state index contributed by atoms with van der Waals surface area (Å²) in [5, 5.41) is 0. The fraction of sp³-hybridized carbons (Fsp3) is 0.182. The highest BCUT2D eigenvalue weighted by molar-refractivity contribution is 5.26. The first kappa shape index (κ1) is 11.6. The summed E-state index contributed by atoms with van der Waals surface area (Å²) in [5.74, 6) is 5.64. The summed E-state index contributed by atoms with van der Waals surface area (Å²) in [6.45, 7) is 1.76. The second kappa shape index (κ2) is 4.94. The molecule has 88 valence electrons. The van der Waals surface area contributed by atoms with Gasteiger partial charge < -0.3 is 0 Å². The quantitative estimate of drug-likeness (QED) is 0.607. The Hall–Kier alpha value is -1.92. The summed E-state index contributed by atoms with van der Waals surface area (Å²) in [6.07, 6.45) is 4.27. The Morgan fingerprint density at radius 3 is 2.82 bits per heavy atom. The van der Waals surface area contributed by atoms with Gasteiger partial charge in [-0.15, -0.1) is 0 Å². The van der Waals surface area contributed by atoms with Crippen molar-refractivity contribution in [3.05, 3.63) is 53.6 Å². The number of halogens is 1. The molecule has 6 heteroatoms. The lowest BCUT2D eigenvalue weighted by molar-refractivity contribution is 0.547. The fourth-order valence-corrected chi connectivity index (χ4v) is 1.59. The van der Waals surface area contributed by atoms with Gasteiger partial charge >= 0.3 is 0 Å². The van der Waals surface area contributed by atoms with Gasteiger partial charge in [0.25, 0.3) is 0 Å². The molecule has 3 N–H and O–H groups in total. The molecule has 17 heavy (non-hydrogen) atoms. The van der Waals surface area contributed by atoms with Gasteiger partial charge in [0.15, 0.2) is 0 Å². The lowest BCUT2D eigenvalue weighted by Crippen LogP contribution is -2.30. The SMILES string of the molecule is Cc1nccc(C(NN)c2ccncc2F)n1. The van der Waals surface area contributed by atoms with Crippen LogP contribution in [0.1, 0.15) is 23.1 Å². The van der Waals surface area contributed by atoms with Gasteiger partial charge in [-0.3, -0.25) is 10.8 Å². The van der Waals surface area contributed by atoms with Gasteiger partial charge in [0, 0.05) is 18.0 Å². The minimum Gasteiger partial charge on any atom is -0.271 e. The van der Waals surface area contributed by atoms with Crippen LogP contribution in [0.4, 0.5) is 4.39 Å². The highest BCUT2D eigenvalue weighted by Gasteiger charge is 2.17. The smallest absolute Gasteiger partial charge is 0.146 e. The van der Waals surface area contributed by atoms with Gasteiger partial charge in [0.2, 0.25) is 0 Å². The molecule has 0 bridgehead atoms. The number of hydrogen-bond donors (Lipinski definition) is 2. The zero-order valence-electron chi connectivity index (χ0n) is 9.26. The molecule has 2 rings (SSSR count). The molecule has 0 spiro atoms. The highest BCUT2D eigenvalue weighted by atomic mass is 19.1. The van der Waals surface area contributed by atoms with Gasteiger partial charge in [-0.1, -0.05) is 0 Å². The molecule has 1 atom stereocenters. The molecule has 2 heterocycles. The average molecular weight is 233 g/mol. The Bertz CT molecular complexity index is 517. The third-order valence-corrected chi connectivity index (χ3v) is 2.37. The summed E-state index contributed by atoms with van der Waals surface area (Å²) in [6, 6.07) is 2.74. The van der Waals surface area contributed by atoms with Crippen molar-refractivity contribution in [3.63, 3.8) is 0 Å². The zero-order chi connectivity index (χ0) is 12.3. The standard InChI is InChI=1S/C11H12FN5/c1-7-15-5-3-10(16-7)11(17-13)8-2-4-14-6-9(8)12/h2-6,11,17H,13H2,1H3. The third kappa shape index (κ3) is 2.43. The largest absolute Gasteiger partial charge is 0.271 e. The lowest BCUT2D eigenvalue weighted by atomic mass is 10.1. The molecule has 0 saturated heterocycles. The van der Waals surface area contributed by atoms with Crippen molar-refractivity contribution in [1.29, 1.82) is 0 Å². The lowest BCUT2D eigenvalue weighted by Gasteiger charge is -2.16. The predicted octanol–water partition coefficient (Wildman–Crippen LogP) is 0.872. The Kier molecular flexibility index (Phi) is 3.36. The van der Waals surface area contributed by atoms with Crippen molar-refractivity contribution in [2.75, 3.05) is 0 Å². The van der Waals surface area contributed by atoms with Gasteiger partial charge in [0.05, 0.1) is 17.9 Å². The van der Waals surface area contributed by atoms with Crippen molar-refractivity contribution in [3.8, 4) is 0 Å². The molecule has 0 aliphatic heterocycles. The number of aryl methyl sites for hydroxylation is 1. The van der Waals surface area contributed by atoms with E-state index in [1.165, 1.54) is 6.20 Å². The van der Waals surface area contributed by atoms with E-state index in [0.717, 1.165) is 6.20 Å². The van der Waals surface area contributed by atoms with E-state index in [1.54, 1.807) is 25.3 Å². The molecule has 0 amide bonds. The maximum absolute atomic E-state index is 13.6. The molecule has 2 aromatic rings. The van der Waals surface area contributed by atoms with E-state index in [2.05, 4.69) is 20.4 Å². The first-order valence-corrected chi connectivity index (χ1v) is 5.07. The Labute approximate surface area is 97.9 Å². The number of hydrogen-bond acceptors (Lipinski definition) is 5. The fourth-order valence-electron chi connectivity index (χ4n) is 1.59. The Morgan fingerprint density at radius 2 is 2.18 bits per heavy atom. The molecule has 0 aromatic carbocycles. The molecule has 0 saturated carbocycles. The van der Waals surface area contributed by atoms with Crippen molar-refractivity contribution in [2.45, 2.75) is 13.0 Å². The molecular weight excluding hydrogens is 221 g/mol. The normalized spacial score (nSPS) is 12.4. The van der Waals surface area contributed by atoms with Gasteiger partial charge in [-0.2, -0.15) is 0 Å². The van der Waals surface area contributed by atoms with E-state index in [-0.39, 0.29) is 0 Å². The number of nitrogens with one attached hydrogen (secondary N) is 1. The second-order valence-corrected chi connectivity index (χ2v) is 3.53. The van der Waals surface area contributed by atoms with Crippen LogP contribution in [-0.4, -0.2) is 15.0 Å². The van der Waals surface area contributed by atoms with Crippen LogP contribution in [0.5, 0.6) is 0 Å². The van der Waals surface area contributed by atoms with Crippen LogP contribution >= 0.6 is 0 Å². The van der Waals surface area contributed by atoms with Gasteiger partial charge in [-0.25, -0.2) is 19.8 Å². The van der Waals surface area contributed by atoms with Crippen molar-refractivity contribution < 1.29 is 4.39 Å². The molecule has 5 nitrogen and oxygen atoms in total. The van der Waals surface area contributed by atoms with E-state index in [4.69, 9.17) is 5.84 Å². The number of rotatable bonds is 3. The predicted molar refractivity (Wildman–Crippen MR) is 60.1 cm³/mol. The first-order chi connectivity index (χ1) is 8.22. The molecule has 0 radical (unpaired) electrons. The molecule has 0 aliphatic rings. The Morgan fingerprint density at radius 1 is 1.35 bits per heavy atom. The van der Waals surface area contributed by atoms with Crippen molar-refractivity contribution in [1.82, 2.24) is 20.4 Å². The van der Waals surface area contributed by atoms with E-state index >= 15 is 0 Å². The Balaban J connectivity index is 2.44. The van der Waals surface area contributed by atoms with E-state index in [0.29, 0.717) is 17.1 Å². The van der Waals surface area contributed by atoms with Crippen LogP contribution in [0.3, 0.4) is 0 Å². The minimum absolute atomic E-state index is 0.403. The zero-order valence-corrected chi connectivity index (χ0v) is 9.26. The first-order valence-electron chi connectivity index (χ1n) is 5.07. The summed E-state index contributed by atoms with van der Waals surface area (Å²) in [7, 11) is 0. The van der Waals surface area contributed by atoms with Crippen LogP contribution in [0.15, 0.2) is 30.7 Å². The maximum atomic E-state index is 13.6. The summed E-state index contributed by atoms with van der Waals surface area (Å²) >= 11 is 0. The minimum atomic E-state index is -0.514. The summed E-state index contributed by atoms with van der Waals surface area (Å²) < 4.78 is 13.6. The van der Waals surface area contributed by atoms with Gasteiger partial charge in [0.1, 0.15) is 11.6 Å². The topological polar surface area (TPSA) is 76.7 Å². The van der Waals surface area contributed by atoms with E-state index < -0.39 is 11.9 Å². The molecule has 0 fully saturated rings. The third-order valence-electron chi connectivity index (χ3n) is 2.37. The highest BCUT2D eigenvalue weighted by Crippen LogP contribution is 2.21. The number of nitrogens with two attached hydrogens (primary N) is 1. The monoisotopic (exact) mass is 233 g/mol. The van der Waals surface area contributed by atoms with Gasteiger partial charge in [-0.05, 0) is 19.1 Å². The molecule has 0 aliphatic carbocycles. The summed E-state index contributed by atoms with van der Waals surface area (Å²) in [5.41, 5.74) is 3.56. The van der Waals surface area contributed by atoms with E-state index in [9.17, 15) is 4.39 Å². The maximum Gasteiger partial charge on any atom is 0.146 e. The van der Waals surface area contributed by atoms with Crippen LogP contribution in [0.25, 0.3) is 0 Å². The second-order valence-electron chi connectivity index (χ2n) is 3.53. The number of nitrogens with zero attached hydrogens (tertiary/aromatic N) is 3. The summed E-state index contributed by atoms with van der Waals surface area (Å²) in [4.78, 5) is 11.9. The average Bonchev–Trinajstić information content (AvgIpc) is 2.33. The van der Waals surface area contributed by atoms with Crippen LogP contribution < -0.4 is 11.3 Å². The van der Waals surface area contributed by atoms with Crippen LogP contribution in [0, 0.1) is 12.7 Å².